The monoisotopic (exact) mass is 354 g/mol. The smallest absolute Gasteiger partial charge is 0.253 e. The number of Topliss-reactive ketones (excluding diaryl/α,β-unsaturated/α-hetero) is 2. The maximum Gasteiger partial charge on any atom is 0.253 e. The standard InChI is InChI=1S/C11H4Br2N2O2/c12-6-7(13)10(16)11(17)9-8(6)14-5-3-1-2-4-15(5)9/h1-4H. The number of rotatable bonds is 0. The molecule has 2 heterocycles. The van der Waals surface area contributed by atoms with Crippen LogP contribution in [-0.4, -0.2) is 21.0 Å². The van der Waals surface area contributed by atoms with Gasteiger partial charge in [0.15, 0.2) is 0 Å². The van der Waals surface area contributed by atoms with Crippen LogP contribution in [0.3, 0.4) is 0 Å². The molecule has 17 heavy (non-hydrogen) atoms. The predicted molar refractivity (Wildman–Crippen MR) is 69.3 cm³/mol. The van der Waals surface area contributed by atoms with Gasteiger partial charge in [-0.25, -0.2) is 4.98 Å². The number of nitrogens with zero attached hydrogens (tertiary/aromatic N) is 2. The molecule has 0 unspecified atom stereocenters. The molecule has 0 N–H and O–H groups in total. The molecule has 0 amide bonds. The highest BCUT2D eigenvalue weighted by molar-refractivity contribution is 9.16. The zero-order valence-corrected chi connectivity index (χ0v) is 11.4. The lowest BCUT2D eigenvalue weighted by Gasteiger charge is -2.09. The van der Waals surface area contributed by atoms with Gasteiger partial charge in [-0.05, 0) is 44.0 Å². The average Bonchev–Trinajstić information content (AvgIpc) is 2.73. The Morgan fingerprint density at radius 2 is 1.82 bits per heavy atom. The van der Waals surface area contributed by atoms with Crippen molar-refractivity contribution in [1.29, 1.82) is 0 Å². The highest BCUT2D eigenvalue weighted by atomic mass is 79.9. The Bertz CT molecular complexity index is 715. The third kappa shape index (κ3) is 1.37. The van der Waals surface area contributed by atoms with Crippen molar-refractivity contribution in [3.63, 3.8) is 0 Å². The number of allylic oxidation sites excluding steroid dienone is 1. The van der Waals surface area contributed by atoms with Crippen molar-refractivity contribution in [2.75, 3.05) is 0 Å². The van der Waals surface area contributed by atoms with Gasteiger partial charge < -0.3 is 0 Å². The molecular formula is C11H4Br2N2O2. The summed E-state index contributed by atoms with van der Waals surface area (Å²) in [5.74, 6) is -1.11. The van der Waals surface area contributed by atoms with E-state index in [-0.39, 0.29) is 4.48 Å². The number of carbonyl (C=O) groups is 2. The minimum Gasteiger partial charge on any atom is -0.296 e. The van der Waals surface area contributed by atoms with E-state index in [1.165, 1.54) is 0 Å². The molecular weight excluding hydrogens is 352 g/mol. The van der Waals surface area contributed by atoms with Crippen molar-refractivity contribution in [2.45, 2.75) is 0 Å². The van der Waals surface area contributed by atoms with Crippen molar-refractivity contribution in [2.24, 2.45) is 0 Å². The molecule has 0 bridgehead atoms. The minimum absolute atomic E-state index is 0.221. The van der Waals surface area contributed by atoms with E-state index in [1.807, 2.05) is 6.07 Å². The van der Waals surface area contributed by atoms with E-state index >= 15 is 0 Å². The van der Waals surface area contributed by atoms with Gasteiger partial charge in [0, 0.05) is 6.20 Å². The first kappa shape index (κ1) is 10.9. The fourth-order valence-corrected chi connectivity index (χ4v) is 2.60. The van der Waals surface area contributed by atoms with Crippen LogP contribution in [0, 0.1) is 0 Å². The third-order valence-electron chi connectivity index (χ3n) is 2.55. The molecule has 3 rings (SSSR count). The normalized spacial score (nSPS) is 15.6. The van der Waals surface area contributed by atoms with Crippen LogP contribution in [0.2, 0.25) is 0 Å². The zero-order valence-electron chi connectivity index (χ0n) is 8.28. The van der Waals surface area contributed by atoms with E-state index in [0.717, 1.165) is 0 Å². The number of imidazole rings is 1. The lowest BCUT2D eigenvalue weighted by Crippen LogP contribution is -2.21. The molecule has 0 saturated carbocycles. The summed E-state index contributed by atoms with van der Waals surface area (Å²) < 4.78 is 2.36. The Morgan fingerprint density at radius 3 is 2.59 bits per heavy atom. The van der Waals surface area contributed by atoms with Crippen molar-refractivity contribution < 1.29 is 9.59 Å². The summed E-state index contributed by atoms with van der Waals surface area (Å²) >= 11 is 6.38. The average molecular weight is 356 g/mol. The van der Waals surface area contributed by atoms with Crippen LogP contribution in [0.4, 0.5) is 0 Å². The molecule has 0 radical (unpaired) electrons. The Balaban J connectivity index is 2.48. The van der Waals surface area contributed by atoms with Crippen LogP contribution >= 0.6 is 31.9 Å². The molecule has 0 aromatic carbocycles. The number of hydrogen-bond acceptors (Lipinski definition) is 3. The number of ketones is 2. The molecule has 1 aliphatic rings. The van der Waals surface area contributed by atoms with Crippen LogP contribution in [0.5, 0.6) is 0 Å². The third-order valence-corrected chi connectivity index (χ3v) is 4.61. The van der Waals surface area contributed by atoms with Gasteiger partial charge in [-0.15, -0.1) is 0 Å². The lowest BCUT2D eigenvalue weighted by molar-refractivity contribution is -0.111. The summed E-state index contributed by atoms with van der Waals surface area (Å²) in [5, 5.41) is 0. The number of carbonyl (C=O) groups excluding carboxylic acids is 2. The Labute approximate surface area is 113 Å². The number of fused-ring (bicyclic) bond motifs is 3. The summed E-state index contributed by atoms with van der Waals surface area (Å²) in [7, 11) is 0. The largest absolute Gasteiger partial charge is 0.296 e. The van der Waals surface area contributed by atoms with E-state index in [1.54, 1.807) is 22.7 Å². The van der Waals surface area contributed by atoms with Gasteiger partial charge in [-0.1, -0.05) is 6.07 Å². The second-order valence-electron chi connectivity index (χ2n) is 3.52. The highest BCUT2D eigenvalue weighted by Gasteiger charge is 2.34. The molecule has 4 nitrogen and oxygen atoms in total. The maximum atomic E-state index is 12.0. The van der Waals surface area contributed by atoms with Crippen molar-refractivity contribution >= 4 is 53.6 Å². The van der Waals surface area contributed by atoms with Gasteiger partial charge in [0.05, 0.1) is 8.96 Å². The maximum absolute atomic E-state index is 12.0. The topological polar surface area (TPSA) is 51.4 Å². The molecule has 0 fully saturated rings. The summed E-state index contributed by atoms with van der Waals surface area (Å²) in [6.45, 7) is 0. The predicted octanol–water partition coefficient (Wildman–Crippen LogP) is 2.56. The van der Waals surface area contributed by atoms with Crippen LogP contribution in [-0.2, 0) is 4.79 Å². The zero-order chi connectivity index (χ0) is 12.2. The summed E-state index contributed by atoms with van der Waals surface area (Å²) in [5.41, 5.74) is 1.44. The van der Waals surface area contributed by atoms with Gasteiger partial charge in [0.25, 0.3) is 5.78 Å². The van der Waals surface area contributed by atoms with E-state index in [2.05, 4.69) is 36.8 Å². The minimum atomic E-state index is -0.560. The fraction of sp³-hybridized carbons (Fsp3) is 0. The van der Waals surface area contributed by atoms with E-state index in [9.17, 15) is 9.59 Å². The first-order chi connectivity index (χ1) is 8.11. The van der Waals surface area contributed by atoms with Gasteiger partial charge >= 0.3 is 0 Å². The van der Waals surface area contributed by atoms with Crippen LogP contribution < -0.4 is 0 Å². The van der Waals surface area contributed by atoms with Crippen LogP contribution in [0.1, 0.15) is 16.2 Å². The van der Waals surface area contributed by atoms with Gasteiger partial charge in [-0.3, -0.25) is 14.0 Å². The lowest BCUT2D eigenvalue weighted by atomic mass is 10.1. The molecule has 0 saturated heterocycles. The van der Waals surface area contributed by atoms with E-state index < -0.39 is 11.6 Å². The molecule has 1 aliphatic carbocycles. The summed E-state index contributed by atoms with van der Waals surface area (Å²) in [6.07, 6.45) is 1.71. The number of aromatic nitrogens is 2. The molecule has 2 aromatic rings. The van der Waals surface area contributed by atoms with Crippen molar-refractivity contribution in [1.82, 2.24) is 9.38 Å². The molecule has 6 heteroatoms. The Morgan fingerprint density at radius 1 is 1.06 bits per heavy atom. The SMILES string of the molecule is O=C1C(=O)c2c(nc3ccccn23)C(Br)=C1Br. The first-order valence-electron chi connectivity index (χ1n) is 4.73. The number of pyridine rings is 1. The molecule has 84 valence electrons. The highest BCUT2D eigenvalue weighted by Crippen LogP contribution is 2.36. The van der Waals surface area contributed by atoms with Crippen molar-refractivity contribution in [3.05, 3.63) is 40.3 Å². The quantitative estimate of drug-likeness (QED) is 0.682. The van der Waals surface area contributed by atoms with E-state index in [0.29, 0.717) is 21.5 Å². The Kier molecular flexibility index (Phi) is 2.31. The summed E-state index contributed by atoms with van der Waals surface area (Å²) in [6, 6.07) is 5.39. The van der Waals surface area contributed by atoms with Crippen molar-refractivity contribution in [3.8, 4) is 0 Å². The van der Waals surface area contributed by atoms with Gasteiger partial charge in [-0.2, -0.15) is 0 Å². The summed E-state index contributed by atoms with van der Waals surface area (Å²) in [4.78, 5) is 28.0. The molecule has 0 aliphatic heterocycles. The fourth-order valence-electron chi connectivity index (χ4n) is 1.78. The van der Waals surface area contributed by atoms with Gasteiger partial charge in [0.1, 0.15) is 17.0 Å². The van der Waals surface area contributed by atoms with Gasteiger partial charge in [0.2, 0.25) is 5.78 Å². The second kappa shape index (κ2) is 3.61. The Hall–Kier alpha value is -1.27. The molecule has 0 spiro atoms. The van der Waals surface area contributed by atoms with Crippen LogP contribution in [0.15, 0.2) is 28.9 Å². The molecule has 0 atom stereocenters. The second-order valence-corrected chi connectivity index (χ2v) is 5.11. The number of halogens is 2. The first-order valence-corrected chi connectivity index (χ1v) is 6.31. The number of hydrogen-bond donors (Lipinski definition) is 0. The molecule has 2 aromatic heterocycles. The van der Waals surface area contributed by atoms with Crippen LogP contribution in [0.25, 0.3) is 10.1 Å². The van der Waals surface area contributed by atoms with E-state index in [4.69, 9.17) is 0 Å².